The molecule has 0 fully saturated rings. The first-order valence-electron chi connectivity index (χ1n) is 5.45. The summed E-state index contributed by atoms with van der Waals surface area (Å²) in [6.07, 6.45) is 1.88. The predicted octanol–water partition coefficient (Wildman–Crippen LogP) is 2.38. The van der Waals surface area contributed by atoms with Crippen LogP contribution in [0.2, 0.25) is 0 Å². The van der Waals surface area contributed by atoms with Crippen LogP contribution in [-0.2, 0) is 6.42 Å². The molecule has 0 radical (unpaired) electrons. The van der Waals surface area contributed by atoms with Crippen LogP contribution in [0.3, 0.4) is 0 Å². The molecule has 2 nitrogen and oxygen atoms in total. The third-order valence-electron chi connectivity index (χ3n) is 3.36. The second kappa shape index (κ2) is 3.53. The monoisotopic (exact) mass is 206 g/mol. The molecule has 1 atom stereocenters. The smallest absolute Gasteiger partial charge is 0.129 e. The van der Waals surface area contributed by atoms with E-state index < -0.39 is 5.60 Å². The first kappa shape index (κ1) is 10.5. The molecule has 0 aromatic heterocycles. The molecule has 0 spiro atoms. The zero-order chi connectivity index (χ0) is 11.1. The van der Waals surface area contributed by atoms with Gasteiger partial charge in [0, 0.05) is 0 Å². The summed E-state index contributed by atoms with van der Waals surface area (Å²) in [5.74, 6) is 0.984. The van der Waals surface area contributed by atoms with Crippen LogP contribution in [0.15, 0.2) is 12.1 Å². The van der Waals surface area contributed by atoms with Crippen molar-refractivity contribution in [2.75, 3.05) is 6.61 Å². The fourth-order valence-corrected chi connectivity index (χ4v) is 1.99. The van der Waals surface area contributed by atoms with Gasteiger partial charge >= 0.3 is 0 Å². The van der Waals surface area contributed by atoms with Crippen molar-refractivity contribution in [2.24, 2.45) is 0 Å². The molecule has 1 aliphatic rings. The Morgan fingerprint density at radius 1 is 1.40 bits per heavy atom. The van der Waals surface area contributed by atoms with Crippen molar-refractivity contribution in [3.63, 3.8) is 0 Å². The summed E-state index contributed by atoms with van der Waals surface area (Å²) in [5.41, 5.74) is 3.32. The van der Waals surface area contributed by atoms with Gasteiger partial charge in [-0.05, 0) is 50.3 Å². The molecule has 0 amide bonds. The minimum Gasteiger partial charge on any atom is -0.485 e. The number of aliphatic hydroxyl groups is 1. The normalized spacial score (nSPS) is 24.5. The van der Waals surface area contributed by atoms with Crippen LogP contribution in [0.25, 0.3) is 0 Å². The quantitative estimate of drug-likeness (QED) is 0.764. The molecule has 1 heterocycles. The molecule has 0 saturated heterocycles. The zero-order valence-corrected chi connectivity index (χ0v) is 9.63. The first-order valence-corrected chi connectivity index (χ1v) is 5.45. The van der Waals surface area contributed by atoms with Gasteiger partial charge in [-0.15, -0.1) is 0 Å². The van der Waals surface area contributed by atoms with E-state index in [9.17, 15) is 5.11 Å². The number of aliphatic hydroxyl groups excluding tert-OH is 1. The van der Waals surface area contributed by atoms with E-state index in [1.54, 1.807) is 0 Å². The van der Waals surface area contributed by atoms with Crippen molar-refractivity contribution in [3.05, 3.63) is 28.8 Å². The van der Waals surface area contributed by atoms with Gasteiger partial charge in [-0.1, -0.05) is 12.1 Å². The maximum Gasteiger partial charge on any atom is 0.129 e. The third-order valence-corrected chi connectivity index (χ3v) is 3.36. The van der Waals surface area contributed by atoms with Crippen molar-refractivity contribution in [1.82, 2.24) is 0 Å². The van der Waals surface area contributed by atoms with Crippen molar-refractivity contribution in [3.8, 4) is 5.75 Å². The Labute approximate surface area is 90.9 Å². The van der Waals surface area contributed by atoms with Crippen molar-refractivity contribution in [2.45, 2.75) is 39.2 Å². The lowest BCUT2D eigenvalue weighted by atomic mass is 9.91. The van der Waals surface area contributed by atoms with Crippen LogP contribution in [-0.4, -0.2) is 17.3 Å². The maximum absolute atomic E-state index is 9.31. The number of rotatable bonds is 1. The van der Waals surface area contributed by atoms with E-state index in [4.69, 9.17) is 4.74 Å². The van der Waals surface area contributed by atoms with Gasteiger partial charge in [0.05, 0.1) is 6.61 Å². The predicted molar refractivity (Wildman–Crippen MR) is 60.4 cm³/mol. The van der Waals surface area contributed by atoms with Crippen LogP contribution >= 0.6 is 0 Å². The highest BCUT2D eigenvalue weighted by atomic mass is 16.5. The average molecular weight is 206 g/mol. The summed E-state index contributed by atoms with van der Waals surface area (Å²) < 4.78 is 5.93. The van der Waals surface area contributed by atoms with Gasteiger partial charge in [0.15, 0.2) is 0 Å². The Bertz CT molecular complexity index is 384. The second-order valence-electron chi connectivity index (χ2n) is 4.71. The van der Waals surface area contributed by atoms with Gasteiger partial charge < -0.3 is 9.84 Å². The summed E-state index contributed by atoms with van der Waals surface area (Å²) in [7, 11) is 0. The highest BCUT2D eigenvalue weighted by Crippen LogP contribution is 2.36. The third kappa shape index (κ3) is 1.74. The molecule has 0 bridgehead atoms. The minimum absolute atomic E-state index is 0.0832. The van der Waals surface area contributed by atoms with Crippen molar-refractivity contribution in [1.29, 1.82) is 0 Å². The van der Waals surface area contributed by atoms with Crippen LogP contribution in [0.5, 0.6) is 5.75 Å². The molecule has 1 aromatic rings. The molecule has 15 heavy (non-hydrogen) atoms. The molecule has 82 valence electrons. The number of hydrogen-bond acceptors (Lipinski definition) is 2. The highest BCUT2D eigenvalue weighted by Gasteiger charge is 2.31. The minimum atomic E-state index is -0.397. The summed E-state index contributed by atoms with van der Waals surface area (Å²) in [5, 5.41) is 9.31. The van der Waals surface area contributed by atoms with E-state index in [1.165, 1.54) is 16.7 Å². The standard InChI is InChI=1S/C13H18O2/c1-9-4-5-11-6-7-13(3,8-14)15-12(11)10(9)2/h4-5,14H,6-8H2,1-3H3. The molecule has 1 aromatic carbocycles. The molecule has 0 saturated carbocycles. The van der Waals surface area contributed by atoms with E-state index in [-0.39, 0.29) is 6.61 Å². The van der Waals surface area contributed by atoms with E-state index in [2.05, 4.69) is 26.0 Å². The molecule has 1 aliphatic heterocycles. The Hall–Kier alpha value is -1.02. The molecule has 1 unspecified atom stereocenters. The van der Waals surface area contributed by atoms with Gasteiger partial charge in [-0.25, -0.2) is 0 Å². The molecule has 2 heteroatoms. The fraction of sp³-hybridized carbons (Fsp3) is 0.538. The molecular formula is C13H18O2. The average Bonchev–Trinajstić information content (AvgIpc) is 2.25. The first-order chi connectivity index (χ1) is 7.06. The topological polar surface area (TPSA) is 29.5 Å². The Morgan fingerprint density at radius 2 is 2.13 bits per heavy atom. The number of hydrogen-bond donors (Lipinski definition) is 1. The lowest BCUT2D eigenvalue weighted by Gasteiger charge is -2.35. The highest BCUT2D eigenvalue weighted by molar-refractivity contribution is 5.46. The molecule has 2 rings (SSSR count). The van der Waals surface area contributed by atoms with E-state index >= 15 is 0 Å². The Morgan fingerprint density at radius 3 is 2.80 bits per heavy atom. The number of benzene rings is 1. The maximum atomic E-state index is 9.31. The number of aryl methyl sites for hydroxylation is 2. The van der Waals surface area contributed by atoms with Crippen molar-refractivity contribution < 1.29 is 9.84 Å². The Balaban J connectivity index is 2.44. The summed E-state index contributed by atoms with van der Waals surface area (Å²) in [6, 6.07) is 4.27. The SMILES string of the molecule is Cc1ccc2c(c1C)OC(C)(CO)CC2. The van der Waals surface area contributed by atoms with Crippen molar-refractivity contribution >= 4 is 0 Å². The number of ether oxygens (including phenoxy) is 1. The van der Waals surface area contributed by atoms with Gasteiger partial charge in [-0.3, -0.25) is 0 Å². The number of fused-ring (bicyclic) bond motifs is 1. The second-order valence-corrected chi connectivity index (χ2v) is 4.71. The van der Waals surface area contributed by atoms with Gasteiger partial charge in [0.1, 0.15) is 11.4 Å². The summed E-state index contributed by atoms with van der Waals surface area (Å²) in [4.78, 5) is 0. The molecular weight excluding hydrogens is 188 g/mol. The lowest BCUT2D eigenvalue weighted by molar-refractivity contribution is 0.00745. The molecule has 0 aliphatic carbocycles. The van der Waals surface area contributed by atoms with E-state index in [0.29, 0.717) is 0 Å². The van der Waals surface area contributed by atoms with Gasteiger partial charge in [-0.2, -0.15) is 0 Å². The zero-order valence-electron chi connectivity index (χ0n) is 9.63. The van der Waals surface area contributed by atoms with Crippen LogP contribution in [0.4, 0.5) is 0 Å². The van der Waals surface area contributed by atoms with Crippen LogP contribution in [0, 0.1) is 13.8 Å². The van der Waals surface area contributed by atoms with Crippen LogP contribution < -0.4 is 4.74 Å². The largest absolute Gasteiger partial charge is 0.485 e. The van der Waals surface area contributed by atoms with E-state index in [0.717, 1.165) is 18.6 Å². The van der Waals surface area contributed by atoms with Crippen LogP contribution in [0.1, 0.15) is 30.0 Å². The van der Waals surface area contributed by atoms with E-state index in [1.807, 2.05) is 6.92 Å². The fourth-order valence-electron chi connectivity index (χ4n) is 1.99. The van der Waals surface area contributed by atoms with Gasteiger partial charge in [0.2, 0.25) is 0 Å². The lowest BCUT2D eigenvalue weighted by Crippen LogP contribution is -2.40. The molecule has 1 N–H and O–H groups in total. The summed E-state index contributed by atoms with van der Waals surface area (Å²) in [6.45, 7) is 6.22. The summed E-state index contributed by atoms with van der Waals surface area (Å²) >= 11 is 0. The Kier molecular flexibility index (Phi) is 2.47. The van der Waals surface area contributed by atoms with Gasteiger partial charge in [0.25, 0.3) is 0 Å².